The van der Waals surface area contributed by atoms with Gasteiger partial charge in [0.05, 0.1) is 13.1 Å². The molecule has 4 nitrogen and oxygen atoms in total. The van der Waals surface area contributed by atoms with Crippen molar-refractivity contribution in [2.24, 2.45) is 4.99 Å². The van der Waals surface area contributed by atoms with Gasteiger partial charge >= 0.3 is 0 Å². The van der Waals surface area contributed by atoms with Crippen molar-refractivity contribution < 1.29 is 0 Å². The smallest absolute Gasteiger partial charge is 0.156 e. The maximum Gasteiger partial charge on any atom is 0.156 e. The summed E-state index contributed by atoms with van der Waals surface area (Å²) in [6.45, 7) is 4.96. The molecule has 2 rings (SSSR count). The number of hydrogen-bond donors (Lipinski definition) is 1. The van der Waals surface area contributed by atoms with Gasteiger partial charge in [-0.1, -0.05) is 18.7 Å². The largest absolute Gasteiger partial charge is 0.363 e. The number of aliphatic imine (C=N–C) groups is 1. The van der Waals surface area contributed by atoms with Crippen molar-refractivity contribution in [3.8, 4) is 0 Å². The van der Waals surface area contributed by atoms with Gasteiger partial charge < -0.3 is 5.32 Å². The second kappa shape index (κ2) is 5.21. The molecule has 1 aliphatic rings. The summed E-state index contributed by atoms with van der Waals surface area (Å²) in [6.07, 6.45) is 4.97. The van der Waals surface area contributed by atoms with Crippen molar-refractivity contribution in [3.05, 3.63) is 18.5 Å². The first-order valence-electron chi connectivity index (χ1n) is 5.31. The van der Waals surface area contributed by atoms with Crippen LogP contribution in [0.3, 0.4) is 0 Å². The van der Waals surface area contributed by atoms with Gasteiger partial charge in [-0.2, -0.15) is 5.10 Å². The van der Waals surface area contributed by atoms with Crippen LogP contribution < -0.4 is 5.32 Å². The van der Waals surface area contributed by atoms with Gasteiger partial charge in [-0.05, 0) is 12.5 Å². The average Bonchev–Trinajstić information content (AvgIpc) is 2.88. The van der Waals surface area contributed by atoms with Gasteiger partial charge in [-0.25, -0.2) is 0 Å². The molecule has 1 aromatic heterocycles. The summed E-state index contributed by atoms with van der Waals surface area (Å²) in [5.74, 6) is 0. The van der Waals surface area contributed by atoms with Crippen LogP contribution in [0.4, 0.5) is 0 Å². The van der Waals surface area contributed by atoms with E-state index in [9.17, 15) is 0 Å². The Balaban J connectivity index is 1.67. The molecule has 0 aromatic carbocycles. The quantitative estimate of drug-likeness (QED) is 0.839. The van der Waals surface area contributed by atoms with E-state index in [1.165, 1.54) is 6.42 Å². The first-order chi connectivity index (χ1) is 7.38. The third-order valence-electron chi connectivity index (χ3n) is 2.35. The van der Waals surface area contributed by atoms with Gasteiger partial charge in [0, 0.05) is 24.2 Å². The van der Waals surface area contributed by atoms with Crippen LogP contribution in [-0.4, -0.2) is 33.3 Å². The Morgan fingerprint density at radius 1 is 1.67 bits per heavy atom. The summed E-state index contributed by atoms with van der Waals surface area (Å²) < 4.78 is 1.92. The van der Waals surface area contributed by atoms with E-state index in [1.807, 2.05) is 28.7 Å². The van der Waals surface area contributed by atoms with Crippen molar-refractivity contribution in [3.63, 3.8) is 0 Å². The molecule has 0 amide bonds. The first-order valence-corrected chi connectivity index (χ1v) is 6.19. The van der Waals surface area contributed by atoms with E-state index in [0.29, 0.717) is 5.25 Å². The van der Waals surface area contributed by atoms with E-state index >= 15 is 0 Å². The highest BCUT2D eigenvalue weighted by atomic mass is 32.2. The Hall–Kier alpha value is -0.970. The molecule has 1 atom stereocenters. The third kappa shape index (κ3) is 2.99. The van der Waals surface area contributed by atoms with Crippen LogP contribution in [0.5, 0.6) is 0 Å². The molecule has 1 aromatic rings. The van der Waals surface area contributed by atoms with Crippen LogP contribution in [0.1, 0.15) is 13.3 Å². The van der Waals surface area contributed by atoms with Gasteiger partial charge in [0.15, 0.2) is 5.17 Å². The summed E-state index contributed by atoms with van der Waals surface area (Å²) in [5.41, 5.74) is 0. The van der Waals surface area contributed by atoms with Crippen LogP contribution in [0.25, 0.3) is 0 Å². The summed E-state index contributed by atoms with van der Waals surface area (Å²) in [4.78, 5) is 4.45. The Morgan fingerprint density at radius 2 is 2.60 bits per heavy atom. The molecular weight excluding hydrogens is 208 g/mol. The molecule has 0 saturated carbocycles. The second-order valence-electron chi connectivity index (χ2n) is 3.49. The number of hydrogen-bond acceptors (Lipinski definition) is 4. The molecule has 0 spiro atoms. The van der Waals surface area contributed by atoms with Crippen molar-refractivity contribution in [1.82, 2.24) is 15.1 Å². The molecule has 0 radical (unpaired) electrons. The summed E-state index contributed by atoms with van der Waals surface area (Å²) in [5, 5.41) is 9.25. The molecule has 0 saturated heterocycles. The topological polar surface area (TPSA) is 42.2 Å². The summed E-state index contributed by atoms with van der Waals surface area (Å²) >= 11 is 1.86. The summed E-state index contributed by atoms with van der Waals surface area (Å²) in [6, 6.07) is 1.94. The van der Waals surface area contributed by atoms with Gasteiger partial charge in [0.1, 0.15) is 0 Å². The number of nitrogens with one attached hydrogen (secondary N) is 1. The standard InChI is InChI=1S/C10H16N4S/c1-2-9-8-12-10(15-9)11-5-7-14-6-3-4-13-14/h3-4,6,9H,2,5,7-8H2,1H3,(H,11,12). The summed E-state index contributed by atoms with van der Waals surface area (Å²) in [7, 11) is 0. The molecule has 0 aliphatic carbocycles. The van der Waals surface area contributed by atoms with E-state index in [-0.39, 0.29) is 0 Å². The second-order valence-corrected chi connectivity index (χ2v) is 4.78. The molecule has 2 heterocycles. The lowest BCUT2D eigenvalue weighted by molar-refractivity contribution is 0.605. The van der Waals surface area contributed by atoms with Gasteiger partial charge in [-0.3, -0.25) is 9.67 Å². The SMILES string of the molecule is CCC1CN=C(NCCn2cccn2)S1. The Morgan fingerprint density at radius 3 is 3.27 bits per heavy atom. The number of aromatic nitrogens is 2. The molecule has 82 valence electrons. The zero-order valence-electron chi connectivity index (χ0n) is 8.89. The highest BCUT2D eigenvalue weighted by Crippen LogP contribution is 2.21. The molecule has 0 fully saturated rings. The van der Waals surface area contributed by atoms with Gasteiger partial charge in [0.2, 0.25) is 0 Å². The van der Waals surface area contributed by atoms with Crippen molar-refractivity contribution in [2.75, 3.05) is 13.1 Å². The number of nitrogens with zero attached hydrogens (tertiary/aromatic N) is 3. The van der Waals surface area contributed by atoms with E-state index in [1.54, 1.807) is 6.20 Å². The molecule has 0 bridgehead atoms. The minimum Gasteiger partial charge on any atom is -0.363 e. The Labute approximate surface area is 94.2 Å². The first kappa shape index (κ1) is 10.5. The fraction of sp³-hybridized carbons (Fsp3) is 0.600. The fourth-order valence-corrected chi connectivity index (χ4v) is 2.40. The van der Waals surface area contributed by atoms with Crippen LogP contribution >= 0.6 is 11.8 Å². The lowest BCUT2D eigenvalue weighted by atomic mass is 10.3. The third-order valence-corrected chi connectivity index (χ3v) is 3.66. The molecule has 1 aliphatic heterocycles. The number of thioether (sulfide) groups is 1. The molecule has 1 unspecified atom stereocenters. The maximum absolute atomic E-state index is 4.45. The average molecular weight is 224 g/mol. The van der Waals surface area contributed by atoms with Crippen molar-refractivity contribution in [1.29, 1.82) is 0 Å². The minimum atomic E-state index is 0.678. The predicted molar refractivity (Wildman–Crippen MR) is 64.2 cm³/mol. The van der Waals surface area contributed by atoms with Crippen LogP contribution in [0.2, 0.25) is 0 Å². The van der Waals surface area contributed by atoms with Gasteiger partial charge in [-0.15, -0.1) is 0 Å². The highest BCUT2D eigenvalue weighted by molar-refractivity contribution is 8.14. The molecule has 1 N–H and O–H groups in total. The van der Waals surface area contributed by atoms with E-state index in [4.69, 9.17) is 0 Å². The van der Waals surface area contributed by atoms with Crippen LogP contribution in [-0.2, 0) is 6.54 Å². The zero-order valence-corrected chi connectivity index (χ0v) is 9.70. The van der Waals surface area contributed by atoms with E-state index < -0.39 is 0 Å². The highest BCUT2D eigenvalue weighted by Gasteiger charge is 2.16. The Bertz CT molecular complexity index is 320. The zero-order chi connectivity index (χ0) is 10.5. The maximum atomic E-state index is 4.45. The lowest BCUT2D eigenvalue weighted by Crippen LogP contribution is -2.24. The van der Waals surface area contributed by atoms with Crippen LogP contribution in [0.15, 0.2) is 23.5 Å². The molecular formula is C10H16N4S. The molecule has 15 heavy (non-hydrogen) atoms. The van der Waals surface area contributed by atoms with E-state index in [2.05, 4.69) is 22.3 Å². The van der Waals surface area contributed by atoms with Gasteiger partial charge in [0.25, 0.3) is 0 Å². The minimum absolute atomic E-state index is 0.678. The predicted octanol–water partition coefficient (Wildman–Crippen LogP) is 1.35. The molecule has 5 heteroatoms. The Kier molecular flexibility index (Phi) is 3.66. The fourth-order valence-electron chi connectivity index (χ4n) is 1.44. The monoisotopic (exact) mass is 224 g/mol. The number of amidine groups is 1. The normalized spacial score (nSPS) is 20.3. The van der Waals surface area contributed by atoms with E-state index in [0.717, 1.165) is 24.8 Å². The van der Waals surface area contributed by atoms with Crippen LogP contribution in [0, 0.1) is 0 Å². The number of rotatable bonds is 4. The van der Waals surface area contributed by atoms with Crippen molar-refractivity contribution >= 4 is 16.9 Å². The lowest BCUT2D eigenvalue weighted by Gasteiger charge is -2.06. The van der Waals surface area contributed by atoms with Crippen molar-refractivity contribution in [2.45, 2.75) is 25.1 Å².